The fourth-order valence-corrected chi connectivity index (χ4v) is 4.23. The van der Waals surface area contributed by atoms with E-state index in [2.05, 4.69) is 0 Å². The summed E-state index contributed by atoms with van der Waals surface area (Å²) >= 11 is 0. The minimum Gasteiger partial charge on any atom is -0.497 e. The van der Waals surface area contributed by atoms with E-state index in [-0.39, 0.29) is 6.61 Å². The summed E-state index contributed by atoms with van der Waals surface area (Å²) in [5.74, 6) is 0.776. The molecule has 0 radical (unpaired) electrons. The van der Waals surface area contributed by atoms with Crippen molar-refractivity contribution in [1.29, 1.82) is 0 Å². The number of hydrogen-bond donors (Lipinski definition) is 1. The van der Waals surface area contributed by atoms with Gasteiger partial charge < -0.3 is 33.5 Å². The number of ether oxygens (including phenoxy) is 6. The lowest BCUT2D eigenvalue weighted by atomic mass is 9.98. The van der Waals surface area contributed by atoms with E-state index >= 15 is 0 Å². The third-order valence-electron chi connectivity index (χ3n) is 6.18. The van der Waals surface area contributed by atoms with Gasteiger partial charge in [-0.2, -0.15) is 0 Å². The van der Waals surface area contributed by atoms with Gasteiger partial charge in [0.25, 0.3) is 0 Å². The molecule has 0 aliphatic carbocycles. The van der Waals surface area contributed by atoms with Gasteiger partial charge in [0.05, 0.1) is 33.5 Å². The van der Waals surface area contributed by atoms with Crippen LogP contribution in [0.4, 0.5) is 0 Å². The Morgan fingerprint density at radius 2 is 1.14 bits per heavy atom. The van der Waals surface area contributed by atoms with Crippen LogP contribution < -0.4 is 4.74 Å². The smallest absolute Gasteiger partial charge is 0.186 e. The summed E-state index contributed by atoms with van der Waals surface area (Å²) in [6.07, 6.45) is -3.10. The lowest BCUT2D eigenvalue weighted by molar-refractivity contribution is -0.321. The van der Waals surface area contributed by atoms with Gasteiger partial charge in [-0.25, -0.2) is 0 Å². The monoisotopic (exact) mass is 494 g/mol. The molecule has 1 heterocycles. The number of rotatable bonds is 12. The summed E-state index contributed by atoms with van der Waals surface area (Å²) in [5, 5.41) is 10.2. The maximum absolute atomic E-state index is 10.2. The van der Waals surface area contributed by atoms with Gasteiger partial charge in [0, 0.05) is 7.11 Å². The van der Waals surface area contributed by atoms with Crippen LogP contribution in [0.15, 0.2) is 84.9 Å². The van der Waals surface area contributed by atoms with Crippen LogP contribution in [-0.2, 0) is 43.5 Å². The second-order valence-corrected chi connectivity index (χ2v) is 8.61. The third-order valence-corrected chi connectivity index (χ3v) is 6.18. The number of aliphatic hydroxyl groups excluding tert-OH is 1. The molecule has 0 unspecified atom stereocenters. The van der Waals surface area contributed by atoms with Gasteiger partial charge in [-0.15, -0.1) is 0 Å². The summed E-state index contributed by atoms with van der Waals surface area (Å²) < 4.78 is 36.1. The predicted octanol–water partition coefficient (Wildman–Crippen LogP) is 4.11. The average molecular weight is 495 g/mol. The molecule has 0 aromatic heterocycles. The number of hydrogen-bond acceptors (Lipinski definition) is 7. The fourth-order valence-electron chi connectivity index (χ4n) is 4.23. The highest BCUT2D eigenvalue weighted by Crippen LogP contribution is 2.31. The zero-order chi connectivity index (χ0) is 25.2. The van der Waals surface area contributed by atoms with E-state index in [4.69, 9.17) is 28.4 Å². The molecule has 36 heavy (non-hydrogen) atoms. The molecule has 0 amide bonds. The summed E-state index contributed by atoms with van der Waals surface area (Å²) in [7, 11) is 3.19. The molecule has 1 saturated heterocycles. The predicted molar refractivity (Wildman–Crippen MR) is 134 cm³/mol. The van der Waals surface area contributed by atoms with Crippen molar-refractivity contribution in [2.24, 2.45) is 0 Å². The Morgan fingerprint density at radius 1 is 0.639 bits per heavy atom. The Hall–Kier alpha value is -2.78. The molecule has 3 aromatic rings. The molecule has 4 rings (SSSR count). The Labute approximate surface area is 212 Å². The molecule has 1 N–H and O–H groups in total. The van der Waals surface area contributed by atoms with Crippen molar-refractivity contribution in [2.45, 2.75) is 50.5 Å². The van der Waals surface area contributed by atoms with E-state index in [9.17, 15) is 5.11 Å². The van der Waals surface area contributed by atoms with Crippen molar-refractivity contribution in [1.82, 2.24) is 0 Å². The Balaban J connectivity index is 1.56. The summed E-state index contributed by atoms with van der Waals surface area (Å²) in [6, 6.07) is 27.5. The molecule has 0 saturated carbocycles. The zero-order valence-corrected chi connectivity index (χ0v) is 20.7. The van der Waals surface area contributed by atoms with E-state index in [0.717, 1.165) is 22.4 Å². The topological polar surface area (TPSA) is 75.6 Å². The first-order valence-electron chi connectivity index (χ1n) is 12.1. The molecule has 1 aliphatic rings. The van der Waals surface area contributed by atoms with Crippen molar-refractivity contribution in [3.8, 4) is 5.75 Å². The van der Waals surface area contributed by atoms with E-state index in [1.807, 2.05) is 84.9 Å². The Bertz CT molecular complexity index is 955. The van der Waals surface area contributed by atoms with Crippen molar-refractivity contribution in [2.75, 3.05) is 20.8 Å². The van der Waals surface area contributed by atoms with Crippen LogP contribution in [0.2, 0.25) is 0 Å². The van der Waals surface area contributed by atoms with Crippen LogP contribution in [0.3, 0.4) is 0 Å². The lowest BCUT2D eigenvalue weighted by Gasteiger charge is -2.45. The quantitative estimate of drug-likeness (QED) is 0.406. The van der Waals surface area contributed by atoms with Gasteiger partial charge in [-0.1, -0.05) is 72.8 Å². The maximum atomic E-state index is 10.2. The highest BCUT2D eigenvalue weighted by atomic mass is 16.7. The molecule has 192 valence electrons. The minimum atomic E-state index is -0.733. The van der Waals surface area contributed by atoms with Gasteiger partial charge in [0.1, 0.15) is 30.2 Å². The molecule has 7 nitrogen and oxygen atoms in total. The van der Waals surface area contributed by atoms with Gasteiger partial charge in [0.15, 0.2) is 6.29 Å². The van der Waals surface area contributed by atoms with E-state index in [1.54, 1.807) is 14.2 Å². The second-order valence-electron chi connectivity index (χ2n) is 8.61. The molecule has 1 aliphatic heterocycles. The molecule has 5 atom stereocenters. The third kappa shape index (κ3) is 6.91. The second kappa shape index (κ2) is 13.5. The normalized spacial score (nSPS) is 23.9. The highest BCUT2D eigenvalue weighted by molar-refractivity contribution is 5.26. The van der Waals surface area contributed by atoms with Gasteiger partial charge in [-0.05, 0) is 28.8 Å². The van der Waals surface area contributed by atoms with Crippen molar-refractivity contribution in [3.63, 3.8) is 0 Å². The van der Waals surface area contributed by atoms with E-state index in [0.29, 0.717) is 19.8 Å². The molecule has 1 fully saturated rings. The van der Waals surface area contributed by atoms with Crippen molar-refractivity contribution < 1.29 is 33.5 Å². The van der Waals surface area contributed by atoms with E-state index < -0.39 is 30.7 Å². The summed E-state index contributed by atoms with van der Waals surface area (Å²) in [5.41, 5.74) is 3.01. The minimum absolute atomic E-state index is 0.243. The number of benzene rings is 3. The Kier molecular flexibility index (Phi) is 9.86. The van der Waals surface area contributed by atoms with Crippen LogP contribution >= 0.6 is 0 Å². The maximum Gasteiger partial charge on any atom is 0.186 e. The zero-order valence-electron chi connectivity index (χ0n) is 20.7. The molecular formula is C29H34O7. The molecular weight excluding hydrogens is 460 g/mol. The average Bonchev–Trinajstić information content (AvgIpc) is 2.95. The molecule has 7 heteroatoms. The largest absolute Gasteiger partial charge is 0.497 e. The van der Waals surface area contributed by atoms with Crippen LogP contribution in [0, 0.1) is 0 Å². The number of methoxy groups -OCH3 is 2. The SMILES string of the molecule is COc1ccc(CO[C@@H]2[C@@H](OCc3ccccc3)[C@@H](OC)O[C@H](CO)[C@H]2OCc2ccccc2)cc1. The first kappa shape index (κ1) is 26.3. The highest BCUT2D eigenvalue weighted by Gasteiger charge is 2.48. The summed E-state index contributed by atoms with van der Waals surface area (Å²) in [4.78, 5) is 0. The first-order valence-corrected chi connectivity index (χ1v) is 12.1. The van der Waals surface area contributed by atoms with E-state index in [1.165, 1.54) is 0 Å². The molecule has 3 aromatic carbocycles. The molecule has 0 bridgehead atoms. The van der Waals surface area contributed by atoms with Crippen molar-refractivity contribution >= 4 is 0 Å². The number of aliphatic hydroxyl groups is 1. The van der Waals surface area contributed by atoms with Crippen LogP contribution in [0.25, 0.3) is 0 Å². The standard InChI is InChI=1S/C29H34O7/c1-31-24-15-13-23(14-16-24)20-34-27-26(33-18-21-9-5-3-6-10-21)25(17-30)36-29(32-2)28(27)35-19-22-11-7-4-8-12-22/h3-16,25-30H,17-20H2,1-2H3/t25-,26-,27+,28-,29+/m1/s1. The Morgan fingerprint density at radius 3 is 1.64 bits per heavy atom. The van der Waals surface area contributed by atoms with Crippen LogP contribution in [0.5, 0.6) is 5.75 Å². The van der Waals surface area contributed by atoms with Gasteiger partial charge >= 0.3 is 0 Å². The fraction of sp³-hybridized carbons (Fsp3) is 0.379. The van der Waals surface area contributed by atoms with Gasteiger partial charge in [-0.3, -0.25) is 0 Å². The van der Waals surface area contributed by atoms with Crippen molar-refractivity contribution in [3.05, 3.63) is 102 Å². The first-order chi connectivity index (χ1) is 17.7. The lowest BCUT2D eigenvalue weighted by Crippen LogP contribution is -2.61. The summed E-state index contributed by atoms with van der Waals surface area (Å²) in [6.45, 7) is 0.774. The van der Waals surface area contributed by atoms with Gasteiger partial charge in [0.2, 0.25) is 0 Å². The van der Waals surface area contributed by atoms with Crippen LogP contribution in [0.1, 0.15) is 16.7 Å². The molecule has 0 spiro atoms. The van der Waals surface area contributed by atoms with Crippen LogP contribution in [-0.4, -0.2) is 56.6 Å².